The van der Waals surface area contributed by atoms with Crippen molar-refractivity contribution in [3.63, 3.8) is 0 Å². The molecule has 156 valence electrons. The number of carbonyl (C=O) groups excluding carboxylic acids is 1. The van der Waals surface area contributed by atoms with Gasteiger partial charge in [-0.15, -0.1) is 0 Å². The number of hydrogen-bond acceptors (Lipinski definition) is 3. The SMILES string of the molecule is COc1cncc(C2CC[C@H]3[C@@H]4CCC5=CC(=O)NCC[C@]5(C)[C@H]4CC[C@]23C)c1. The number of fused-ring (bicyclic) bond motifs is 5. The Labute approximate surface area is 174 Å². The molecule has 0 aromatic carbocycles. The lowest BCUT2D eigenvalue weighted by Crippen LogP contribution is -2.49. The minimum Gasteiger partial charge on any atom is -0.495 e. The Bertz CT molecular complexity index is 849. The first-order valence-electron chi connectivity index (χ1n) is 11.4. The van der Waals surface area contributed by atoms with Crippen molar-refractivity contribution in [2.24, 2.45) is 28.6 Å². The van der Waals surface area contributed by atoms with Gasteiger partial charge in [0.2, 0.25) is 5.91 Å². The molecule has 4 heteroatoms. The van der Waals surface area contributed by atoms with Crippen LogP contribution in [0.25, 0.3) is 0 Å². The van der Waals surface area contributed by atoms with E-state index in [2.05, 4.69) is 36.4 Å². The van der Waals surface area contributed by atoms with E-state index in [1.165, 1.54) is 43.2 Å². The van der Waals surface area contributed by atoms with Gasteiger partial charge < -0.3 is 10.1 Å². The summed E-state index contributed by atoms with van der Waals surface area (Å²) in [7, 11) is 1.73. The molecule has 5 rings (SSSR count). The fourth-order valence-electron chi connectivity index (χ4n) is 7.85. The van der Waals surface area contributed by atoms with Gasteiger partial charge in [-0.1, -0.05) is 19.4 Å². The van der Waals surface area contributed by atoms with Gasteiger partial charge in [0.25, 0.3) is 0 Å². The standard InChI is InChI=1S/C25H34N2O2/c1-24-10-11-27-23(28)13-17(24)4-5-19-21-7-6-20(25(21,2)9-8-22(19)24)16-12-18(29-3)15-26-14-16/h12-15,19-22H,4-11H2,1-3H3,(H,27,28)/t19-,20?,21-,22-,24-,25+/m0/s1. The molecule has 6 atom stereocenters. The number of amides is 1. The molecule has 1 aliphatic heterocycles. The third-order valence-corrected chi connectivity index (χ3v) is 9.36. The highest BCUT2D eigenvalue weighted by atomic mass is 16.5. The quantitative estimate of drug-likeness (QED) is 0.779. The van der Waals surface area contributed by atoms with E-state index < -0.39 is 0 Å². The van der Waals surface area contributed by atoms with Crippen LogP contribution < -0.4 is 10.1 Å². The highest BCUT2D eigenvalue weighted by molar-refractivity contribution is 5.88. The van der Waals surface area contributed by atoms with E-state index in [0.29, 0.717) is 11.3 Å². The van der Waals surface area contributed by atoms with Crippen LogP contribution in [-0.2, 0) is 4.79 Å². The Hall–Kier alpha value is -1.84. The molecule has 29 heavy (non-hydrogen) atoms. The number of allylic oxidation sites excluding steroid dienone is 1. The van der Waals surface area contributed by atoms with Crippen LogP contribution in [0.2, 0.25) is 0 Å². The summed E-state index contributed by atoms with van der Waals surface area (Å²) in [5.74, 6) is 3.86. The van der Waals surface area contributed by atoms with Crippen LogP contribution in [0.3, 0.4) is 0 Å². The largest absolute Gasteiger partial charge is 0.495 e. The lowest BCUT2D eigenvalue weighted by atomic mass is 9.47. The van der Waals surface area contributed by atoms with Crippen molar-refractivity contribution < 1.29 is 9.53 Å². The Morgan fingerprint density at radius 3 is 2.79 bits per heavy atom. The Balaban J connectivity index is 1.46. The average molecular weight is 395 g/mol. The van der Waals surface area contributed by atoms with Gasteiger partial charge in [-0.2, -0.15) is 0 Å². The maximum Gasteiger partial charge on any atom is 0.243 e. The van der Waals surface area contributed by atoms with Crippen molar-refractivity contribution in [2.75, 3.05) is 13.7 Å². The summed E-state index contributed by atoms with van der Waals surface area (Å²) >= 11 is 0. The van der Waals surface area contributed by atoms with Crippen molar-refractivity contribution in [1.82, 2.24) is 10.3 Å². The maximum absolute atomic E-state index is 12.1. The number of nitrogens with one attached hydrogen (secondary N) is 1. The molecule has 1 unspecified atom stereocenters. The fraction of sp³-hybridized carbons (Fsp3) is 0.680. The minimum absolute atomic E-state index is 0.120. The molecule has 3 fully saturated rings. The number of hydrogen-bond donors (Lipinski definition) is 1. The molecule has 1 N–H and O–H groups in total. The van der Waals surface area contributed by atoms with Gasteiger partial charge in [-0.05, 0) is 91.1 Å². The number of aromatic nitrogens is 1. The highest BCUT2D eigenvalue weighted by Crippen LogP contribution is 2.67. The average Bonchev–Trinajstić information content (AvgIpc) is 2.99. The zero-order valence-electron chi connectivity index (χ0n) is 18.0. The van der Waals surface area contributed by atoms with Crippen LogP contribution in [-0.4, -0.2) is 24.5 Å². The maximum atomic E-state index is 12.1. The number of methoxy groups -OCH3 is 1. The van der Waals surface area contributed by atoms with E-state index in [-0.39, 0.29) is 11.3 Å². The molecule has 3 aliphatic carbocycles. The first-order chi connectivity index (χ1) is 14.0. The number of nitrogens with zero attached hydrogens (tertiary/aromatic N) is 1. The molecule has 0 bridgehead atoms. The van der Waals surface area contributed by atoms with Gasteiger partial charge in [-0.3, -0.25) is 9.78 Å². The second-order valence-electron chi connectivity index (χ2n) is 10.4. The zero-order valence-corrected chi connectivity index (χ0v) is 18.0. The van der Waals surface area contributed by atoms with Crippen molar-refractivity contribution in [3.05, 3.63) is 35.7 Å². The number of carbonyl (C=O) groups is 1. The molecular formula is C25H34N2O2. The Kier molecular flexibility index (Phi) is 4.52. The summed E-state index contributed by atoms with van der Waals surface area (Å²) < 4.78 is 5.46. The van der Waals surface area contributed by atoms with Crippen LogP contribution >= 0.6 is 0 Å². The molecule has 1 aromatic heterocycles. The number of ether oxygens (including phenoxy) is 1. The van der Waals surface area contributed by atoms with Crippen molar-refractivity contribution in [1.29, 1.82) is 0 Å². The Morgan fingerprint density at radius 2 is 1.97 bits per heavy atom. The number of pyridine rings is 1. The van der Waals surface area contributed by atoms with Crippen LogP contribution in [0.5, 0.6) is 5.75 Å². The first-order valence-corrected chi connectivity index (χ1v) is 11.4. The van der Waals surface area contributed by atoms with Crippen LogP contribution in [0.4, 0.5) is 0 Å². The van der Waals surface area contributed by atoms with Gasteiger partial charge in [0.05, 0.1) is 13.3 Å². The van der Waals surface area contributed by atoms with Gasteiger partial charge >= 0.3 is 0 Å². The summed E-state index contributed by atoms with van der Waals surface area (Å²) in [6.45, 7) is 5.83. The molecule has 0 radical (unpaired) electrons. The van der Waals surface area contributed by atoms with Crippen molar-refractivity contribution >= 4 is 5.91 Å². The second-order valence-corrected chi connectivity index (χ2v) is 10.4. The molecule has 2 heterocycles. The van der Waals surface area contributed by atoms with Crippen LogP contribution in [0.15, 0.2) is 30.1 Å². The van der Waals surface area contributed by atoms with Gasteiger partial charge in [-0.25, -0.2) is 0 Å². The summed E-state index contributed by atoms with van der Waals surface area (Å²) in [6, 6.07) is 2.21. The molecule has 4 nitrogen and oxygen atoms in total. The van der Waals surface area contributed by atoms with E-state index >= 15 is 0 Å². The van der Waals surface area contributed by atoms with Crippen LogP contribution in [0, 0.1) is 28.6 Å². The van der Waals surface area contributed by atoms with Crippen molar-refractivity contribution in [2.45, 2.75) is 64.7 Å². The molecule has 3 saturated carbocycles. The second kappa shape index (κ2) is 6.85. The third kappa shape index (κ3) is 2.85. The predicted molar refractivity (Wildman–Crippen MR) is 114 cm³/mol. The monoisotopic (exact) mass is 394 g/mol. The van der Waals surface area contributed by atoms with Gasteiger partial charge in [0.1, 0.15) is 5.75 Å². The van der Waals surface area contributed by atoms with E-state index in [0.717, 1.165) is 42.9 Å². The van der Waals surface area contributed by atoms with E-state index in [9.17, 15) is 4.79 Å². The topological polar surface area (TPSA) is 51.2 Å². The van der Waals surface area contributed by atoms with E-state index in [1.54, 1.807) is 7.11 Å². The smallest absolute Gasteiger partial charge is 0.243 e. The lowest BCUT2D eigenvalue weighted by molar-refractivity contribution is -0.116. The van der Waals surface area contributed by atoms with E-state index in [1.807, 2.05) is 12.3 Å². The molecule has 1 aromatic rings. The summed E-state index contributed by atoms with van der Waals surface area (Å²) in [4.78, 5) is 16.6. The zero-order chi connectivity index (χ0) is 20.2. The van der Waals surface area contributed by atoms with Crippen LogP contribution in [0.1, 0.15) is 70.3 Å². The summed E-state index contributed by atoms with van der Waals surface area (Å²) in [5, 5.41) is 3.08. The van der Waals surface area contributed by atoms with Gasteiger partial charge in [0, 0.05) is 18.8 Å². The molecule has 4 aliphatic rings. The fourth-order valence-corrected chi connectivity index (χ4v) is 7.85. The molecular weight excluding hydrogens is 360 g/mol. The van der Waals surface area contributed by atoms with Crippen molar-refractivity contribution in [3.8, 4) is 5.75 Å². The molecule has 0 saturated heterocycles. The lowest BCUT2D eigenvalue weighted by Gasteiger charge is -2.57. The van der Waals surface area contributed by atoms with E-state index in [4.69, 9.17) is 4.74 Å². The Morgan fingerprint density at radius 1 is 1.10 bits per heavy atom. The molecule has 1 amide bonds. The molecule has 0 spiro atoms. The summed E-state index contributed by atoms with van der Waals surface area (Å²) in [6.07, 6.45) is 14.4. The highest BCUT2D eigenvalue weighted by Gasteiger charge is 2.58. The summed E-state index contributed by atoms with van der Waals surface area (Å²) in [5.41, 5.74) is 3.33. The van der Waals surface area contributed by atoms with Gasteiger partial charge in [0.15, 0.2) is 0 Å². The number of rotatable bonds is 2. The predicted octanol–water partition coefficient (Wildman–Crippen LogP) is 4.86. The normalized spacial score (nSPS) is 41.3. The minimum atomic E-state index is 0.120. The first kappa shape index (κ1) is 19.1. The third-order valence-electron chi connectivity index (χ3n) is 9.36.